The van der Waals surface area contributed by atoms with Gasteiger partial charge in [-0.25, -0.2) is 4.79 Å². The Hall–Kier alpha value is -2.99. The number of hydrogen-bond donors (Lipinski definition) is 3. The van der Waals surface area contributed by atoms with Crippen LogP contribution in [0.15, 0.2) is 36.0 Å². The Morgan fingerprint density at radius 3 is 2.21 bits per heavy atom. The van der Waals surface area contributed by atoms with E-state index in [0.29, 0.717) is 56.9 Å². The molecule has 326 valence electrons. The molecule has 2 saturated heterocycles. The number of rotatable bonds is 3. The Labute approximate surface area is 347 Å². The Kier molecular flexibility index (Phi) is 18.1. The van der Waals surface area contributed by atoms with Crippen molar-refractivity contribution >= 4 is 29.2 Å². The van der Waals surface area contributed by atoms with Crippen LogP contribution in [0.3, 0.4) is 0 Å². The molecule has 0 aromatic carbocycles. The molecule has 3 fully saturated rings. The van der Waals surface area contributed by atoms with Crippen LogP contribution in [0.1, 0.15) is 145 Å². The molecule has 3 heterocycles. The molecular formula is C47H73NO10. The normalized spacial score (nSPS) is 40.2. The van der Waals surface area contributed by atoms with E-state index in [1.165, 1.54) is 4.90 Å². The summed E-state index contributed by atoms with van der Waals surface area (Å²) in [5, 5.41) is 33.2. The zero-order chi connectivity index (χ0) is 42.7. The molecule has 2 unspecified atom stereocenters. The summed E-state index contributed by atoms with van der Waals surface area (Å²) in [7, 11) is 0. The molecular weight excluding hydrogens is 739 g/mol. The molecule has 0 aromatic heterocycles. The van der Waals surface area contributed by atoms with Gasteiger partial charge in [-0.15, -0.1) is 0 Å². The lowest BCUT2D eigenvalue weighted by atomic mass is 9.79. The number of aliphatic hydroxyl groups excluding tert-OH is 2. The molecule has 1 saturated carbocycles. The summed E-state index contributed by atoms with van der Waals surface area (Å²) >= 11 is 0. The van der Waals surface area contributed by atoms with Gasteiger partial charge >= 0.3 is 5.97 Å². The minimum Gasteiger partial charge on any atom is -0.460 e. The van der Waals surface area contributed by atoms with Crippen molar-refractivity contribution in [3.63, 3.8) is 0 Å². The van der Waals surface area contributed by atoms with Crippen molar-refractivity contribution in [3.05, 3.63) is 36.0 Å². The van der Waals surface area contributed by atoms with Gasteiger partial charge in [0.25, 0.3) is 11.7 Å². The third-order valence-corrected chi connectivity index (χ3v) is 13.4. The maximum atomic E-state index is 14.2. The Balaban J connectivity index is 1.63. The van der Waals surface area contributed by atoms with E-state index in [0.717, 1.165) is 25.7 Å². The van der Waals surface area contributed by atoms with Crippen LogP contribution < -0.4 is 0 Å². The number of carbonyl (C=O) groups excluding carboxylic acids is 5. The fourth-order valence-electron chi connectivity index (χ4n) is 9.34. The van der Waals surface area contributed by atoms with Crippen molar-refractivity contribution in [2.24, 2.45) is 41.4 Å². The number of ether oxygens (including phenoxy) is 2. The summed E-state index contributed by atoms with van der Waals surface area (Å²) < 4.78 is 12.3. The van der Waals surface area contributed by atoms with Crippen molar-refractivity contribution in [1.82, 2.24) is 4.90 Å². The molecule has 2 bridgehead atoms. The van der Waals surface area contributed by atoms with Crippen LogP contribution in [0.2, 0.25) is 0 Å². The number of hydrogen-bond acceptors (Lipinski definition) is 10. The number of piperidine rings is 1. The first kappa shape index (κ1) is 47.7. The van der Waals surface area contributed by atoms with E-state index in [-0.39, 0.29) is 67.0 Å². The Morgan fingerprint density at radius 1 is 0.810 bits per heavy atom. The van der Waals surface area contributed by atoms with Gasteiger partial charge in [0.05, 0.1) is 18.3 Å². The molecule has 1 amide bonds. The van der Waals surface area contributed by atoms with Crippen LogP contribution in [-0.4, -0.2) is 92.2 Å². The molecule has 1 aliphatic carbocycles. The highest BCUT2D eigenvalue weighted by Crippen LogP contribution is 2.37. The number of cyclic esters (lactones) is 1. The summed E-state index contributed by atoms with van der Waals surface area (Å²) in [6.45, 7) is 13.2. The van der Waals surface area contributed by atoms with Gasteiger partial charge in [0.1, 0.15) is 23.7 Å². The van der Waals surface area contributed by atoms with E-state index in [4.69, 9.17) is 9.47 Å². The lowest BCUT2D eigenvalue weighted by molar-refractivity contribution is -0.263. The third-order valence-electron chi connectivity index (χ3n) is 13.4. The van der Waals surface area contributed by atoms with Gasteiger partial charge in [-0.3, -0.25) is 19.2 Å². The average Bonchev–Trinajstić information content (AvgIpc) is 3.18. The van der Waals surface area contributed by atoms with Crippen LogP contribution in [-0.2, 0) is 33.4 Å². The largest absolute Gasteiger partial charge is 0.460 e. The lowest BCUT2D eigenvalue weighted by Gasteiger charge is -2.42. The molecule has 4 rings (SSSR count). The topological polar surface area (TPSA) is 168 Å². The molecule has 13 atom stereocenters. The zero-order valence-corrected chi connectivity index (χ0v) is 36.3. The van der Waals surface area contributed by atoms with Crippen molar-refractivity contribution in [3.8, 4) is 0 Å². The molecule has 0 aromatic rings. The molecule has 11 heteroatoms. The maximum Gasteiger partial charge on any atom is 0.329 e. The number of amides is 1. The number of allylic oxidation sites excluding steroid dienone is 5. The van der Waals surface area contributed by atoms with Crippen molar-refractivity contribution in [2.75, 3.05) is 6.54 Å². The monoisotopic (exact) mass is 812 g/mol. The highest BCUT2D eigenvalue weighted by atomic mass is 16.6. The summed E-state index contributed by atoms with van der Waals surface area (Å²) in [5.41, 5.74) is 0.518. The van der Waals surface area contributed by atoms with E-state index in [1.807, 2.05) is 26.0 Å². The fourth-order valence-corrected chi connectivity index (χ4v) is 9.34. The number of Topliss-reactive ketones (excluding diaryl/α,β-unsaturated/α-hetero) is 3. The number of carbonyl (C=O) groups is 5. The van der Waals surface area contributed by atoms with Crippen LogP contribution in [0.25, 0.3) is 0 Å². The van der Waals surface area contributed by atoms with Crippen LogP contribution in [0.4, 0.5) is 0 Å². The van der Waals surface area contributed by atoms with Gasteiger partial charge in [-0.2, -0.15) is 0 Å². The summed E-state index contributed by atoms with van der Waals surface area (Å²) in [4.78, 5) is 70.5. The van der Waals surface area contributed by atoms with Gasteiger partial charge < -0.3 is 29.7 Å². The van der Waals surface area contributed by atoms with Crippen molar-refractivity contribution < 1.29 is 48.8 Å². The molecule has 0 radical (unpaired) electrons. The molecule has 3 N–H and O–H groups in total. The second-order valence-electron chi connectivity index (χ2n) is 18.6. The van der Waals surface area contributed by atoms with Gasteiger partial charge in [-0.05, 0) is 107 Å². The van der Waals surface area contributed by atoms with Gasteiger partial charge in [0.15, 0.2) is 0 Å². The lowest BCUT2D eigenvalue weighted by Crippen LogP contribution is -2.60. The summed E-state index contributed by atoms with van der Waals surface area (Å²) in [6.07, 6.45) is 15.3. The van der Waals surface area contributed by atoms with E-state index in [9.17, 15) is 39.3 Å². The van der Waals surface area contributed by atoms with Gasteiger partial charge in [-0.1, -0.05) is 84.8 Å². The molecule has 11 nitrogen and oxygen atoms in total. The Bertz CT molecular complexity index is 1520. The quantitative estimate of drug-likeness (QED) is 0.154. The smallest absolute Gasteiger partial charge is 0.329 e. The van der Waals surface area contributed by atoms with Crippen LogP contribution in [0, 0.1) is 41.4 Å². The van der Waals surface area contributed by atoms with Gasteiger partial charge in [0.2, 0.25) is 5.79 Å². The minimum atomic E-state index is -2.33. The zero-order valence-electron chi connectivity index (χ0n) is 36.3. The maximum absolute atomic E-state index is 14.2. The number of nitrogens with zero attached hydrogens (tertiary/aromatic N) is 1. The predicted octanol–water partition coefficient (Wildman–Crippen LogP) is 7.00. The number of esters is 1. The molecule has 0 spiro atoms. The average molecular weight is 812 g/mol. The first-order valence-corrected chi connectivity index (χ1v) is 22.3. The highest BCUT2D eigenvalue weighted by molar-refractivity contribution is 6.39. The van der Waals surface area contributed by atoms with Gasteiger partial charge in [0, 0.05) is 37.1 Å². The number of fused-ring (bicyclic) bond motifs is 3. The number of ketones is 3. The second-order valence-corrected chi connectivity index (χ2v) is 18.6. The summed E-state index contributed by atoms with van der Waals surface area (Å²) in [5.74, 6) is -6.63. The van der Waals surface area contributed by atoms with Crippen molar-refractivity contribution in [2.45, 2.75) is 181 Å². The first-order chi connectivity index (χ1) is 27.4. The van der Waals surface area contributed by atoms with E-state index < -0.39 is 65.7 Å². The molecule has 58 heavy (non-hydrogen) atoms. The molecule has 3 aliphatic heterocycles. The SMILES string of the molecule is C/C1=C\[C@@H](C)C(=O)C[C@@H]([C@H](C)C[C@@H]2CCC[C@H](O)C2)OC(=O)C2CCCCN2C(=O)C(=O)[C@]2(O)O[C@H](CCC(C)/C=C/C=C/[C@@H](C)C[C@@H](C)C(=O)C[C@@H]1O)CC[C@H]2C. The molecule has 4 aliphatic rings. The van der Waals surface area contributed by atoms with Crippen molar-refractivity contribution in [1.29, 1.82) is 0 Å². The minimum absolute atomic E-state index is 0.0476. The highest BCUT2D eigenvalue weighted by Gasteiger charge is 2.52. The van der Waals surface area contributed by atoms with E-state index in [2.05, 4.69) is 26.0 Å². The third kappa shape index (κ3) is 13.3. The fraction of sp³-hybridized carbons (Fsp3) is 0.766. The van der Waals surface area contributed by atoms with Crippen LogP contribution in [0.5, 0.6) is 0 Å². The first-order valence-electron chi connectivity index (χ1n) is 22.3. The standard InChI is InChI=1S/C47H73NO10/c1-29-13-8-9-14-30(2)23-31(3)40(50)27-41(51)32(4)24-33(5)42(52)28-43(34(6)25-36-15-12-16-37(49)26-36)57-46(55)39-17-10-11-22-48(39)45(54)44(53)47(56)35(7)19-21-38(58-47)20-18-29/h8-9,13-14,24,29-31,33-39,41,43,49,51,56H,10-12,15-23,25-28H2,1-7H3/b13-8+,14-9+,32-24+/t29?,30-,31-,33-,34-,35-,36+,37+,38-,39?,41+,43+,47-/m1/s1. The predicted molar refractivity (Wildman–Crippen MR) is 222 cm³/mol. The number of aliphatic hydroxyl groups is 3. The van der Waals surface area contributed by atoms with E-state index >= 15 is 0 Å². The Morgan fingerprint density at radius 2 is 1.50 bits per heavy atom. The second kappa shape index (κ2) is 22.0. The van der Waals surface area contributed by atoms with E-state index in [1.54, 1.807) is 26.8 Å². The summed E-state index contributed by atoms with van der Waals surface area (Å²) in [6, 6.07) is -1.07. The van der Waals surface area contributed by atoms with Crippen LogP contribution >= 0.6 is 0 Å².